The number of quaternary nitrogens is 1. The molecule has 1 N–H and O–H groups in total. The first kappa shape index (κ1) is 76.2. The quantitative estimate of drug-likeness (QED) is 0.0212. The zero-order valence-corrected chi connectivity index (χ0v) is 53.2. The topological polar surface area (TPSA) is 114 Å². The molecule has 0 bridgehead atoms. The summed E-state index contributed by atoms with van der Waals surface area (Å²) >= 11 is 0. The molecule has 0 aliphatic carbocycles. The van der Waals surface area contributed by atoms with Crippen molar-refractivity contribution in [1.29, 1.82) is 0 Å². The van der Waals surface area contributed by atoms with Gasteiger partial charge < -0.3 is 28.5 Å². The van der Waals surface area contributed by atoms with Crippen molar-refractivity contribution in [3.05, 3.63) is 85.1 Å². The van der Waals surface area contributed by atoms with Gasteiger partial charge in [0.15, 0.2) is 0 Å². The summed E-state index contributed by atoms with van der Waals surface area (Å²) in [6.07, 6.45) is 76.9. The van der Waals surface area contributed by atoms with Crippen LogP contribution in [0.3, 0.4) is 0 Å². The largest absolute Gasteiger partial charge is 0.756 e. The Morgan fingerprint density at radius 1 is 0.443 bits per heavy atom. The molecule has 0 aromatic rings. The standard InChI is InChI=1S/C69H125N2O7P/c1-7-10-13-16-19-22-25-27-29-31-33-35-37-39-41-43-46-49-52-55-58-61-68(72)70-66(65-77-79(74,75)76-64-63-71(4,5)6)67(60-57-54-51-48-45-24-21-18-15-12-9-3)78-69(73)62-59-56-53-50-47-44-42-40-38-36-34-32-30-28-26-23-20-17-14-11-8-2/h19-20,22-23,27-30,33,35,39,41,57,60,66-67H,7-18,21,24-26,31-32,34,36-38,40,42-56,58-59,61-65H2,1-6H3,(H-,70,72,74,75)/b22-19-,23-20-,29-27-,30-28-,35-33-,41-39-,60-57+. The number of amides is 1. The summed E-state index contributed by atoms with van der Waals surface area (Å²) in [6.45, 7) is 6.78. The third-order valence-corrected chi connectivity index (χ3v) is 15.3. The highest BCUT2D eigenvalue weighted by Crippen LogP contribution is 2.38. The summed E-state index contributed by atoms with van der Waals surface area (Å²) in [5.41, 5.74) is 0. The lowest BCUT2D eigenvalue weighted by Gasteiger charge is -2.30. The van der Waals surface area contributed by atoms with Crippen LogP contribution in [-0.2, 0) is 27.9 Å². The van der Waals surface area contributed by atoms with E-state index in [1.807, 2.05) is 33.3 Å². The van der Waals surface area contributed by atoms with Crippen LogP contribution in [0.2, 0.25) is 0 Å². The van der Waals surface area contributed by atoms with E-state index in [1.165, 1.54) is 154 Å². The number of hydrogen-bond acceptors (Lipinski definition) is 7. The van der Waals surface area contributed by atoms with Gasteiger partial charge in [-0.25, -0.2) is 0 Å². The molecule has 10 heteroatoms. The maximum Gasteiger partial charge on any atom is 0.306 e. The number of phosphoric ester groups is 1. The normalized spacial score (nSPS) is 14.2. The van der Waals surface area contributed by atoms with Gasteiger partial charge in [0.05, 0.1) is 33.8 Å². The van der Waals surface area contributed by atoms with Crippen LogP contribution in [0.25, 0.3) is 0 Å². The van der Waals surface area contributed by atoms with Crippen molar-refractivity contribution >= 4 is 19.7 Å². The zero-order chi connectivity index (χ0) is 57.9. The number of ether oxygens (including phenoxy) is 1. The first-order valence-corrected chi connectivity index (χ1v) is 34.4. The number of likely N-dealkylation sites (N-methyl/N-ethyl adjacent to an activating group) is 1. The van der Waals surface area contributed by atoms with Gasteiger partial charge in [0.25, 0.3) is 7.82 Å². The Morgan fingerprint density at radius 2 is 0.772 bits per heavy atom. The number of nitrogens with zero attached hydrogens (tertiary/aromatic N) is 1. The molecule has 1 amide bonds. The Labute approximate surface area is 488 Å². The molecule has 79 heavy (non-hydrogen) atoms. The van der Waals surface area contributed by atoms with Gasteiger partial charge in [-0.3, -0.25) is 14.2 Å². The van der Waals surface area contributed by atoms with Crippen LogP contribution in [0, 0.1) is 0 Å². The number of hydrogen-bond donors (Lipinski definition) is 1. The summed E-state index contributed by atoms with van der Waals surface area (Å²) in [4.78, 5) is 40.1. The summed E-state index contributed by atoms with van der Waals surface area (Å²) in [6, 6.07) is -0.903. The molecule has 0 saturated heterocycles. The highest BCUT2D eigenvalue weighted by atomic mass is 31.2. The second-order valence-electron chi connectivity index (χ2n) is 23.3. The van der Waals surface area contributed by atoms with Crippen molar-refractivity contribution in [3.63, 3.8) is 0 Å². The van der Waals surface area contributed by atoms with E-state index >= 15 is 0 Å². The maximum atomic E-state index is 13.5. The summed E-state index contributed by atoms with van der Waals surface area (Å²) in [5.74, 6) is -0.563. The Kier molecular flexibility index (Phi) is 56.3. The Balaban J connectivity index is 5.19. The molecule has 0 fully saturated rings. The number of carbonyl (C=O) groups is 2. The van der Waals surface area contributed by atoms with E-state index < -0.39 is 26.6 Å². The maximum absolute atomic E-state index is 13.5. The fraction of sp³-hybridized carbons (Fsp3) is 0.768. The number of phosphoric acid groups is 1. The zero-order valence-electron chi connectivity index (χ0n) is 52.3. The number of allylic oxidation sites excluding steroid dienone is 13. The average Bonchev–Trinajstić information content (AvgIpc) is 3.41. The molecule has 0 aromatic heterocycles. The van der Waals surface area contributed by atoms with E-state index in [-0.39, 0.29) is 24.9 Å². The van der Waals surface area contributed by atoms with Gasteiger partial charge in [0, 0.05) is 12.8 Å². The summed E-state index contributed by atoms with van der Waals surface area (Å²) < 4.78 is 30.3. The van der Waals surface area contributed by atoms with Crippen molar-refractivity contribution in [3.8, 4) is 0 Å². The summed E-state index contributed by atoms with van der Waals surface area (Å²) in [5, 5.41) is 3.02. The second kappa shape index (κ2) is 58.4. The summed E-state index contributed by atoms with van der Waals surface area (Å²) in [7, 11) is 1.17. The fourth-order valence-corrected chi connectivity index (χ4v) is 9.91. The number of carbonyl (C=O) groups excluding carboxylic acids is 2. The lowest BCUT2D eigenvalue weighted by atomic mass is 10.0. The van der Waals surface area contributed by atoms with Gasteiger partial charge in [-0.1, -0.05) is 254 Å². The van der Waals surface area contributed by atoms with E-state index in [0.717, 1.165) is 96.3 Å². The Morgan fingerprint density at radius 3 is 1.18 bits per heavy atom. The monoisotopic (exact) mass is 1120 g/mol. The van der Waals surface area contributed by atoms with E-state index in [2.05, 4.69) is 99.0 Å². The van der Waals surface area contributed by atoms with Crippen molar-refractivity contribution < 1.29 is 37.3 Å². The molecule has 0 aliphatic rings. The van der Waals surface area contributed by atoms with Crippen LogP contribution in [-0.4, -0.2) is 69.4 Å². The molecular weight excluding hydrogens is 1000 g/mol. The van der Waals surface area contributed by atoms with Gasteiger partial charge in [-0.2, -0.15) is 0 Å². The highest BCUT2D eigenvalue weighted by molar-refractivity contribution is 7.45. The molecule has 0 spiro atoms. The van der Waals surface area contributed by atoms with Crippen LogP contribution in [0.1, 0.15) is 290 Å². The minimum absolute atomic E-state index is 0.0296. The lowest BCUT2D eigenvalue weighted by molar-refractivity contribution is -0.870. The molecule has 0 heterocycles. The Bertz CT molecular complexity index is 1630. The smallest absolute Gasteiger partial charge is 0.306 e. The van der Waals surface area contributed by atoms with Crippen molar-refractivity contribution in [2.45, 2.75) is 303 Å². The fourth-order valence-electron chi connectivity index (χ4n) is 9.18. The predicted molar refractivity (Wildman–Crippen MR) is 339 cm³/mol. The number of unbranched alkanes of at least 4 members (excludes halogenated alkanes) is 31. The van der Waals surface area contributed by atoms with Gasteiger partial charge >= 0.3 is 5.97 Å². The van der Waals surface area contributed by atoms with E-state index in [9.17, 15) is 19.0 Å². The minimum Gasteiger partial charge on any atom is -0.756 e. The first-order chi connectivity index (χ1) is 38.4. The van der Waals surface area contributed by atoms with E-state index in [0.29, 0.717) is 23.9 Å². The third kappa shape index (κ3) is 59.6. The second-order valence-corrected chi connectivity index (χ2v) is 24.7. The molecule has 3 unspecified atom stereocenters. The molecule has 9 nitrogen and oxygen atoms in total. The number of nitrogens with one attached hydrogen (secondary N) is 1. The SMILES string of the molecule is CCCCC/C=C\C/C=C\C/C=C\C/C=C\CCCCCCCC(=O)NC(COP(=O)([O-])OCC[N+](C)(C)C)C(/C=C/CCCCCCCCCCC)OC(=O)CCCCCCCCCCCCC/C=C\C/C=C\CCCCC. The van der Waals surface area contributed by atoms with E-state index in [1.54, 1.807) is 0 Å². The highest BCUT2D eigenvalue weighted by Gasteiger charge is 2.27. The Hall–Kier alpha value is -2.81. The van der Waals surface area contributed by atoms with Gasteiger partial charge in [0.2, 0.25) is 5.91 Å². The van der Waals surface area contributed by atoms with E-state index in [4.69, 9.17) is 13.8 Å². The molecule has 0 rings (SSSR count). The lowest BCUT2D eigenvalue weighted by Crippen LogP contribution is -2.47. The predicted octanol–water partition coefficient (Wildman–Crippen LogP) is 19.9. The van der Waals surface area contributed by atoms with Crippen LogP contribution in [0.5, 0.6) is 0 Å². The van der Waals surface area contributed by atoms with Crippen molar-refractivity contribution in [2.75, 3.05) is 40.9 Å². The van der Waals surface area contributed by atoms with Crippen LogP contribution < -0.4 is 10.2 Å². The third-order valence-electron chi connectivity index (χ3n) is 14.3. The molecule has 458 valence electrons. The average molecular weight is 1130 g/mol. The van der Waals surface area contributed by atoms with Crippen LogP contribution >= 0.6 is 7.82 Å². The molecule has 0 radical (unpaired) electrons. The van der Waals surface area contributed by atoms with Crippen LogP contribution in [0.4, 0.5) is 0 Å². The van der Waals surface area contributed by atoms with Crippen molar-refractivity contribution in [2.24, 2.45) is 0 Å². The van der Waals surface area contributed by atoms with Crippen molar-refractivity contribution in [1.82, 2.24) is 5.32 Å². The number of rotatable bonds is 59. The molecule has 0 aromatic carbocycles. The minimum atomic E-state index is -4.71. The van der Waals surface area contributed by atoms with Gasteiger partial charge in [-0.15, -0.1) is 0 Å². The molecular formula is C69H125N2O7P. The van der Waals surface area contributed by atoms with Gasteiger partial charge in [0.1, 0.15) is 19.3 Å². The molecule has 0 aliphatic heterocycles. The van der Waals surface area contributed by atoms with Gasteiger partial charge in [-0.05, 0) is 109 Å². The molecule has 3 atom stereocenters. The first-order valence-electron chi connectivity index (χ1n) is 32.9. The molecule has 0 saturated carbocycles. The van der Waals surface area contributed by atoms with Crippen LogP contribution in [0.15, 0.2) is 85.1 Å². The number of esters is 1.